The van der Waals surface area contributed by atoms with E-state index in [1.165, 1.54) is 11.3 Å². The number of rotatable bonds is 3. The fourth-order valence-corrected chi connectivity index (χ4v) is 3.51. The summed E-state index contributed by atoms with van der Waals surface area (Å²) in [7, 11) is 0. The number of nitrogens with one attached hydrogen (secondary N) is 2. The van der Waals surface area contributed by atoms with Crippen LogP contribution in [0.15, 0.2) is 30.3 Å². The van der Waals surface area contributed by atoms with E-state index in [0.29, 0.717) is 0 Å². The monoisotopic (exact) mass is 373 g/mol. The van der Waals surface area contributed by atoms with Gasteiger partial charge in [0.15, 0.2) is 0 Å². The third-order valence-corrected chi connectivity index (χ3v) is 4.86. The highest BCUT2D eigenvalue weighted by Gasteiger charge is 2.20. The van der Waals surface area contributed by atoms with Crippen LogP contribution in [0, 0.1) is 6.92 Å². The number of carbonyl (C=O) groups excluding carboxylic acids is 1. The zero-order valence-corrected chi connectivity index (χ0v) is 15.3. The first kappa shape index (κ1) is 19.9. The maximum atomic E-state index is 12.4. The predicted octanol–water partition coefficient (Wildman–Crippen LogP) is 3.44. The Kier molecular flexibility index (Phi) is 7.99. The highest BCUT2D eigenvalue weighted by molar-refractivity contribution is 7.17. The third-order valence-electron chi connectivity index (χ3n) is 3.66. The van der Waals surface area contributed by atoms with Gasteiger partial charge in [-0.15, -0.1) is 36.2 Å². The van der Waals surface area contributed by atoms with Crippen LogP contribution >= 0.6 is 36.2 Å². The first-order valence-electron chi connectivity index (χ1n) is 7.28. The number of amides is 1. The molecule has 4 nitrogen and oxygen atoms in total. The van der Waals surface area contributed by atoms with E-state index in [1.807, 2.05) is 37.3 Å². The van der Waals surface area contributed by atoms with Crippen molar-refractivity contribution in [2.75, 3.05) is 13.1 Å². The van der Waals surface area contributed by atoms with Gasteiger partial charge in [-0.2, -0.15) is 0 Å². The van der Waals surface area contributed by atoms with E-state index in [2.05, 4.69) is 15.6 Å². The highest BCUT2D eigenvalue weighted by Crippen LogP contribution is 2.27. The first-order valence-corrected chi connectivity index (χ1v) is 8.10. The molecule has 2 heterocycles. The lowest BCUT2D eigenvalue weighted by Crippen LogP contribution is -2.45. The minimum Gasteiger partial charge on any atom is -0.347 e. The molecule has 0 saturated carbocycles. The van der Waals surface area contributed by atoms with Gasteiger partial charge >= 0.3 is 0 Å². The van der Waals surface area contributed by atoms with Gasteiger partial charge in [0.25, 0.3) is 5.91 Å². The van der Waals surface area contributed by atoms with E-state index in [1.54, 1.807) is 0 Å². The first-order chi connectivity index (χ1) is 10.2. The van der Waals surface area contributed by atoms with Crippen molar-refractivity contribution < 1.29 is 4.79 Å². The van der Waals surface area contributed by atoms with Crippen molar-refractivity contribution >= 4 is 42.1 Å². The lowest BCUT2D eigenvalue weighted by molar-refractivity contribution is 0.0934. The van der Waals surface area contributed by atoms with Crippen LogP contribution < -0.4 is 10.6 Å². The molecule has 1 aliphatic heterocycles. The molecule has 1 aromatic carbocycles. The molecule has 1 amide bonds. The van der Waals surface area contributed by atoms with Crippen molar-refractivity contribution in [3.8, 4) is 10.6 Å². The minimum absolute atomic E-state index is 0. The van der Waals surface area contributed by atoms with Gasteiger partial charge in [-0.25, -0.2) is 4.98 Å². The molecule has 0 aliphatic carbocycles. The normalized spacial score (nSPS) is 16.8. The molecule has 1 aliphatic rings. The van der Waals surface area contributed by atoms with Crippen LogP contribution in [0.4, 0.5) is 0 Å². The molecule has 126 valence electrons. The summed E-state index contributed by atoms with van der Waals surface area (Å²) in [6, 6.07) is 10.2. The van der Waals surface area contributed by atoms with Crippen LogP contribution in [0.5, 0.6) is 0 Å². The molecule has 0 spiro atoms. The molecule has 1 atom stereocenters. The molecule has 0 bridgehead atoms. The van der Waals surface area contributed by atoms with Crippen LogP contribution in [0.25, 0.3) is 10.6 Å². The number of nitrogens with zero attached hydrogens (tertiary/aromatic N) is 1. The molecule has 1 aromatic heterocycles. The SMILES string of the molecule is Cc1nc(-c2ccccc2)sc1C(=O)NC1CCCNC1.Cl.Cl. The van der Waals surface area contributed by atoms with E-state index in [9.17, 15) is 4.79 Å². The van der Waals surface area contributed by atoms with Gasteiger partial charge < -0.3 is 10.6 Å². The second-order valence-corrected chi connectivity index (χ2v) is 6.32. The van der Waals surface area contributed by atoms with Crippen LogP contribution in [-0.4, -0.2) is 30.0 Å². The Hall–Kier alpha value is -1.14. The van der Waals surface area contributed by atoms with Crippen LogP contribution in [0.3, 0.4) is 0 Å². The summed E-state index contributed by atoms with van der Waals surface area (Å²) in [6.45, 7) is 3.80. The third kappa shape index (κ3) is 4.91. The number of halogens is 2. The molecule has 1 saturated heterocycles. The average molecular weight is 374 g/mol. The van der Waals surface area contributed by atoms with Crippen molar-refractivity contribution in [2.45, 2.75) is 25.8 Å². The number of thiazole rings is 1. The Morgan fingerprint density at radius 1 is 1.30 bits per heavy atom. The van der Waals surface area contributed by atoms with Gasteiger partial charge in [0.2, 0.25) is 0 Å². The molecule has 0 radical (unpaired) electrons. The number of hydrogen-bond donors (Lipinski definition) is 2. The second kappa shape index (κ2) is 9.23. The molecular formula is C16H21Cl2N3OS. The maximum absolute atomic E-state index is 12.4. The quantitative estimate of drug-likeness (QED) is 0.865. The Balaban J connectivity index is 0.00000132. The van der Waals surface area contributed by atoms with Gasteiger partial charge in [-0.3, -0.25) is 4.79 Å². The van der Waals surface area contributed by atoms with Crippen LogP contribution in [-0.2, 0) is 0 Å². The Morgan fingerprint density at radius 3 is 2.70 bits per heavy atom. The van der Waals surface area contributed by atoms with E-state index in [4.69, 9.17) is 0 Å². The van der Waals surface area contributed by atoms with Crippen molar-refractivity contribution in [2.24, 2.45) is 0 Å². The summed E-state index contributed by atoms with van der Waals surface area (Å²) >= 11 is 1.47. The molecule has 3 rings (SSSR count). The predicted molar refractivity (Wildman–Crippen MR) is 100 cm³/mol. The summed E-state index contributed by atoms with van der Waals surface area (Å²) in [6.07, 6.45) is 2.16. The van der Waals surface area contributed by atoms with E-state index < -0.39 is 0 Å². The fourth-order valence-electron chi connectivity index (χ4n) is 2.54. The molecular weight excluding hydrogens is 353 g/mol. The van der Waals surface area contributed by atoms with E-state index in [-0.39, 0.29) is 36.8 Å². The lowest BCUT2D eigenvalue weighted by atomic mass is 10.1. The zero-order valence-electron chi connectivity index (χ0n) is 12.9. The Bertz CT molecular complexity index is 628. The molecule has 1 fully saturated rings. The maximum Gasteiger partial charge on any atom is 0.263 e. The van der Waals surface area contributed by atoms with Gasteiger partial charge in [0, 0.05) is 18.2 Å². The fraction of sp³-hybridized carbons (Fsp3) is 0.375. The van der Waals surface area contributed by atoms with Crippen molar-refractivity contribution in [3.05, 3.63) is 40.9 Å². The second-order valence-electron chi connectivity index (χ2n) is 5.32. The molecule has 7 heteroatoms. The van der Waals surface area contributed by atoms with Crippen molar-refractivity contribution in [1.29, 1.82) is 0 Å². The van der Waals surface area contributed by atoms with E-state index >= 15 is 0 Å². The summed E-state index contributed by atoms with van der Waals surface area (Å²) in [4.78, 5) is 17.7. The largest absolute Gasteiger partial charge is 0.347 e. The lowest BCUT2D eigenvalue weighted by Gasteiger charge is -2.23. The summed E-state index contributed by atoms with van der Waals surface area (Å²) in [5, 5.41) is 7.32. The smallest absolute Gasteiger partial charge is 0.263 e. The highest BCUT2D eigenvalue weighted by atomic mass is 35.5. The number of hydrogen-bond acceptors (Lipinski definition) is 4. The topological polar surface area (TPSA) is 54.0 Å². The number of piperidine rings is 1. The molecule has 23 heavy (non-hydrogen) atoms. The van der Waals surface area contributed by atoms with Crippen molar-refractivity contribution in [1.82, 2.24) is 15.6 Å². The van der Waals surface area contributed by atoms with Gasteiger partial charge in [-0.05, 0) is 26.3 Å². The zero-order chi connectivity index (χ0) is 14.7. The molecule has 1 unspecified atom stereocenters. The molecule has 2 aromatic rings. The standard InChI is InChI=1S/C16H19N3OS.2ClH/c1-11-14(15(20)19-13-8-5-9-17-10-13)21-16(18-11)12-6-3-2-4-7-12;;/h2-4,6-7,13,17H,5,8-10H2,1H3,(H,19,20);2*1H. The van der Waals surface area contributed by atoms with Gasteiger partial charge in [-0.1, -0.05) is 30.3 Å². The number of carbonyl (C=O) groups is 1. The summed E-state index contributed by atoms with van der Waals surface area (Å²) < 4.78 is 0. The van der Waals surface area contributed by atoms with Crippen molar-refractivity contribution in [3.63, 3.8) is 0 Å². The molecule has 2 N–H and O–H groups in total. The Morgan fingerprint density at radius 2 is 2.04 bits per heavy atom. The summed E-state index contributed by atoms with van der Waals surface area (Å²) in [5.74, 6) is 0.000816. The number of aromatic nitrogens is 1. The summed E-state index contributed by atoms with van der Waals surface area (Å²) in [5.41, 5.74) is 1.86. The Labute approximate surface area is 152 Å². The van der Waals surface area contributed by atoms with Gasteiger partial charge in [0.05, 0.1) is 5.69 Å². The van der Waals surface area contributed by atoms with Crippen LogP contribution in [0.2, 0.25) is 0 Å². The average Bonchev–Trinajstić information content (AvgIpc) is 2.91. The van der Waals surface area contributed by atoms with E-state index in [0.717, 1.165) is 47.1 Å². The minimum atomic E-state index is 0. The number of benzene rings is 1. The van der Waals surface area contributed by atoms with Crippen LogP contribution in [0.1, 0.15) is 28.2 Å². The van der Waals surface area contributed by atoms with Gasteiger partial charge in [0.1, 0.15) is 9.88 Å². The number of aryl methyl sites for hydroxylation is 1.